The zero-order chi connectivity index (χ0) is 13.5. The highest BCUT2D eigenvalue weighted by Gasteiger charge is 2.33. The molecule has 19 heavy (non-hydrogen) atoms. The quantitative estimate of drug-likeness (QED) is 0.918. The zero-order valence-electron chi connectivity index (χ0n) is 10.8. The predicted octanol–water partition coefficient (Wildman–Crippen LogP) is 2.50. The van der Waals surface area contributed by atoms with Gasteiger partial charge < -0.3 is 10.3 Å². The smallest absolute Gasteiger partial charge is 0.229 e. The Hall–Kier alpha value is -1.75. The number of benzene rings is 1. The summed E-state index contributed by atoms with van der Waals surface area (Å²) in [5.41, 5.74) is 6.50. The molecule has 1 saturated carbocycles. The average Bonchev–Trinajstić information content (AvgIpc) is 3.09. The van der Waals surface area contributed by atoms with Gasteiger partial charge in [0.05, 0.1) is 5.54 Å². The van der Waals surface area contributed by atoms with Gasteiger partial charge in [-0.1, -0.05) is 17.3 Å². The summed E-state index contributed by atoms with van der Waals surface area (Å²) in [4.78, 5) is 4.38. The molecule has 5 heteroatoms. The minimum Gasteiger partial charge on any atom is -0.339 e. The van der Waals surface area contributed by atoms with Crippen LogP contribution in [0, 0.1) is 5.82 Å². The molecular weight excluding hydrogens is 245 g/mol. The highest BCUT2D eigenvalue weighted by atomic mass is 19.1. The van der Waals surface area contributed by atoms with Crippen LogP contribution < -0.4 is 5.73 Å². The Bertz CT molecular complexity index is 573. The van der Waals surface area contributed by atoms with Crippen LogP contribution in [-0.4, -0.2) is 10.1 Å². The number of nitrogens with two attached hydrogens (primary N) is 1. The Labute approximate surface area is 110 Å². The molecule has 1 aromatic carbocycles. The number of aromatic nitrogens is 2. The molecule has 2 N–H and O–H groups in total. The van der Waals surface area contributed by atoms with Crippen molar-refractivity contribution in [1.82, 2.24) is 10.1 Å². The summed E-state index contributed by atoms with van der Waals surface area (Å²) in [6.45, 7) is 1.86. The van der Waals surface area contributed by atoms with E-state index < -0.39 is 5.54 Å². The van der Waals surface area contributed by atoms with E-state index in [9.17, 15) is 4.39 Å². The lowest BCUT2D eigenvalue weighted by atomic mass is 9.93. The molecule has 1 fully saturated rings. The highest BCUT2D eigenvalue weighted by molar-refractivity contribution is 5.20. The summed E-state index contributed by atoms with van der Waals surface area (Å²) in [7, 11) is 0. The Balaban J connectivity index is 1.78. The van der Waals surface area contributed by atoms with E-state index in [0.717, 1.165) is 18.4 Å². The molecule has 0 bridgehead atoms. The van der Waals surface area contributed by atoms with Gasteiger partial charge in [0.2, 0.25) is 5.89 Å². The van der Waals surface area contributed by atoms with Crippen molar-refractivity contribution in [3.05, 3.63) is 47.4 Å². The Morgan fingerprint density at radius 1 is 1.37 bits per heavy atom. The van der Waals surface area contributed by atoms with Crippen LogP contribution in [0.25, 0.3) is 0 Å². The molecule has 0 aliphatic heterocycles. The van der Waals surface area contributed by atoms with Gasteiger partial charge in [0.15, 0.2) is 5.82 Å². The molecule has 1 aromatic heterocycles. The normalized spacial score (nSPS) is 18.3. The molecule has 0 spiro atoms. The predicted molar refractivity (Wildman–Crippen MR) is 67.9 cm³/mol. The minimum atomic E-state index is -0.714. The number of hydrogen-bond donors (Lipinski definition) is 1. The number of nitrogens with zero attached hydrogens (tertiary/aromatic N) is 2. The van der Waals surface area contributed by atoms with E-state index in [1.807, 2.05) is 6.92 Å². The first-order valence-electron chi connectivity index (χ1n) is 6.42. The molecule has 0 radical (unpaired) electrons. The molecule has 3 rings (SSSR count). The van der Waals surface area contributed by atoms with Crippen molar-refractivity contribution in [1.29, 1.82) is 0 Å². The van der Waals surface area contributed by atoms with Crippen molar-refractivity contribution in [2.75, 3.05) is 0 Å². The van der Waals surface area contributed by atoms with Gasteiger partial charge >= 0.3 is 0 Å². The van der Waals surface area contributed by atoms with Gasteiger partial charge in [-0.2, -0.15) is 4.98 Å². The van der Waals surface area contributed by atoms with Gasteiger partial charge in [0, 0.05) is 5.92 Å². The fourth-order valence-corrected chi connectivity index (χ4v) is 2.07. The van der Waals surface area contributed by atoms with Gasteiger partial charge in [-0.05, 0) is 43.9 Å². The maximum atomic E-state index is 12.9. The molecule has 1 aliphatic rings. The second-order valence-electron chi connectivity index (χ2n) is 5.45. The van der Waals surface area contributed by atoms with E-state index in [-0.39, 0.29) is 5.82 Å². The lowest BCUT2D eigenvalue weighted by molar-refractivity contribution is 0.354. The van der Waals surface area contributed by atoms with Crippen molar-refractivity contribution >= 4 is 0 Å². The molecule has 2 aromatic rings. The Morgan fingerprint density at radius 3 is 2.68 bits per heavy atom. The van der Waals surface area contributed by atoms with E-state index in [1.54, 1.807) is 12.1 Å². The molecule has 1 unspecified atom stereocenters. The van der Waals surface area contributed by atoms with E-state index in [2.05, 4.69) is 10.1 Å². The van der Waals surface area contributed by atoms with Crippen molar-refractivity contribution < 1.29 is 8.91 Å². The Morgan fingerprint density at radius 2 is 2.05 bits per heavy atom. The van der Waals surface area contributed by atoms with Crippen LogP contribution in [0.3, 0.4) is 0 Å². The average molecular weight is 261 g/mol. The number of hydrogen-bond acceptors (Lipinski definition) is 4. The standard InChI is InChI=1S/C14H16FN3O/c1-14(16,8-9-2-6-11(15)7-3-9)13-17-12(19-18-13)10-4-5-10/h2-3,6-7,10H,4-5,8,16H2,1H3. The summed E-state index contributed by atoms with van der Waals surface area (Å²) in [6.07, 6.45) is 2.76. The number of rotatable bonds is 4. The summed E-state index contributed by atoms with van der Waals surface area (Å²) >= 11 is 0. The van der Waals surface area contributed by atoms with Crippen molar-refractivity contribution in [3.63, 3.8) is 0 Å². The number of halogens is 1. The second-order valence-corrected chi connectivity index (χ2v) is 5.45. The fourth-order valence-electron chi connectivity index (χ4n) is 2.07. The van der Waals surface area contributed by atoms with Crippen LogP contribution in [0.1, 0.15) is 43.0 Å². The third-order valence-electron chi connectivity index (χ3n) is 3.36. The third-order valence-corrected chi connectivity index (χ3v) is 3.36. The SMILES string of the molecule is CC(N)(Cc1ccc(F)cc1)c1noc(C2CC2)n1. The van der Waals surface area contributed by atoms with Crippen molar-refractivity contribution in [2.45, 2.75) is 37.6 Å². The summed E-state index contributed by atoms with van der Waals surface area (Å²) in [5.74, 6) is 1.37. The van der Waals surface area contributed by atoms with E-state index in [0.29, 0.717) is 24.1 Å². The molecule has 1 aliphatic carbocycles. The molecule has 0 saturated heterocycles. The second kappa shape index (κ2) is 4.42. The minimum absolute atomic E-state index is 0.252. The monoisotopic (exact) mass is 261 g/mol. The van der Waals surface area contributed by atoms with Crippen LogP contribution in [0.2, 0.25) is 0 Å². The maximum Gasteiger partial charge on any atom is 0.229 e. The van der Waals surface area contributed by atoms with Gasteiger partial charge in [-0.15, -0.1) is 0 Å². The molecule has 1 heterocycles. The fraction of sp³-hybridized carbons (Fsp3) is 0.429. The zero-order valence-corrected chi connectivity index (χ0v) is 10.8. The lowest BCUT2D eigenvalue weighted by Gasteiger charge is -2.20. The molecule has 100 valence electrons. The van der Waals surface area contributed by atoms with Crippen LogP contribution in [-0.2, 0) is 12.0 Å². The first kappa shape index (κ1) is 12.3. The van der Waals surface area contributed by atoms with Gasteiger partial charge in [0.1, 0.15) is 5.82 Å². The van der Waals surface area contributed by atoms with Crippen molar-refractivity contribution in [3.8, 4) is 0 Å². The molecule has 4 nitrogen and oxygen atoms in total. The van der Waals surface area contributed by atoms with Crippen LogP contribution in [0.4, 0.5) is 4.39 Å². The van der Waals surface area contributed by atoms with Gasteiger partial charge in [-0.3, -0.25) is 0 Å². The first-order chi connectivity index (χ1) is 9.04. The largest absolute Gasteiger partial charge is 0.339 e. The maximum absolute atomic E-state index is 12.9. The topological polar surface area (TPSA) is 64.9 Å². The Kier molecular flexibility index (Phi) is 2.86. The van der Waals surface area contributed by atoms with Crippen LogP contribution >= 0.6 is 0 Å². The summed E-state index contributed by atoms with van der Waals surface area (Å²) < 4.78 is 18.1. The third kappa shape index (κ3) is 2.66. The van der Waals surface area contributed by atoms with E-state index in [1.165, 1.54) is 12.1 Å². The van der Waals surface area contributed by atoms with Crippen molar-refractivity contribution in [2.24, 2.45) is 5.73 Å². The highest BCUT2D eigenvalue weighted by Crippen LogP contribution is 2.39. The molecular formula is C14H16FN3O. The summed E-state index contributed by atoms with van der Waals surface area (Å²) in [6, 6.07) is 6.30. The lowest BCUT2D eigenvalue weighted by Crippen LogP contribution is -2.36. The van der Waals surface area contributed by atoms with E-state index in [4.69, 9.17) is 10.3 Å². The first-order valence-corrected chi connectivity index (χ1v) is 6.42. The van der Waals surface area contributed by atoms with E-state index >= 15 is 0 Å². The van der Waals surface area contributed by atoms with Crippen LogP contribution in [0.5, 0.6) is 0 Å². The van der Waals surface area contributed by atoms with Crippen LogP contribution in [0.15, 0.2) is 28.8 Å². The van der Waals surface area contributed by atoms with Gasteiger partial charge in [0.25, 0.3) is 0 Å². The van der Waals surface area contributed by atoms with Gasteiger partial charge in [-0.25, -0.2) is 4.39 Å². The molecule has 0 amide bonds. The molecule has 1 atom stereocenters. The summed E-state index contributed by atoms with van der Waals surface area (Å²) in [5, 5.41) is 3.98.